The number of carbonyl (C=O) groups excluding carboxylic acids is 1. The number of rotatable bonds is 6. The van der Waals surface area contributed by atoms with Crippen LogP contribution in [0, 0.1) is 5.82 Å². The van der Waals surface area contributed by atoms with Gasteiger partial charge in [-0.25, -0.2) is 4.39 Å². The summed E-state index contributed by atoms with van der Waals surface area (Å²) < 4.78 is 56.0. The van der Waals surface area contributed by atoms with E-state index in [-0.39, 0.29) is 13.2 Å². The third-order valence-corrected chi connectivity index (χ3v) is 2.42. The number of alkyl halides is 3. The maximum absolute atomic E-state index is 13.4. The van der Waals surface area contributed by atoms with E-state index in [2.05, 4.69) is 11.9 Å². The second kappa shape index (κ2) is 7.21. The van der Waals surface area contributed by atoms with E-state index in [0.29, 0.717) is 24.8 Å². The first kappa shape index (κ1) is 17.2. The molecule has 0 bridgehead atoms. The third-order valence-electron chi connectivity index (χ3n) is 2.42. The van der Waals surface area contributed by atoms with E-state index >= 15 is 0 Å². The number of ether oxygens (including phenoxy) is 1. The number of hydrogen-bond acceptors (Lipinski definition) is 2. The normalized spacial score (nSPS) is 11.3. The van der Waals surface area contributed by atoms with Crippen molar-refractivity contribution in [2.75, 3.05) is 19.8 Å². The summed E-state index contributed by atoms with van der Waals surface area (Å²) in [4.78, 5) is 11.7. The number of nitrogens with one attached hydrogen (secondary N) is 1. The molecule has 1 aromatic rings. The predicted octanol–water partition coefficient (Wildman–Crippen LogP) is 3.17. The fraction of sp³-hybridized carbons (Fsp3) is 0.357. The second-order valence-electron chi connectivity index (χ2n) is 4.46. The summed E-state index contributed by atoms with van der Waals surface area (Å²) in [5.41, 5.74) is -0.928. The molecule has 0 fully saturated rings. The molecule has 21 heavy (non-hydrogen) atoms. The van der Waals surface area contributed by atoms with E-state index in [9.17, 15) is 22.4 Å². The summed E-state index contributed by atoms with van der Waals surface area (Å²) in [7, 11) is 0. The fourth-order valence-electron chi connectivity index (χ4n) is 1.45. The Hall–Kier alpha value is -1.89. The molecule has 0 atom stereocenters. The standard InChI is InChI=1S/C14H15F4NO2/c1-9(2)8-21-6-5-19-13(20)11-7-10(14(16,17)18)3-4-12(11)15/h3-4,7H,1,5-6,8H2,2H3,(H,19,20). The van der Waals surface area contributed by atoms with Gasteiger partial charge in [0.15, 0.2) is 0 Å². The molecule has 0 saturated carbocycles. The molecule has 0 aromatic heterocycles. The minimum Gasteiger partial charge on any atom is -0.375 e. The molecule has 0 spiro atoms. The Balaban J connectivity index is 2.63. The lowest BCUT2D eigenvalue weighted by atomic mass is 10.1. The zero-order valence-electron chi connectivity index (χ0n) is 11.4. The number of hydrogen-bond donors (Lipinski definition) is 1. The molecule has 1 amide bonds. The van der Waals surface area contributed by atoms with Gasteiger partial charge < -0.3 is 10.1 Å². The van der Waals surface area contributed by atoms with Crippen LogP contribution in [-0.4, -0.2) is 25.7 Å². The molecular weight excluding hydrogens is 290 g/mol. The Bertz CT molecular complexity index is 526. The van der Waals surface area contributed by atoms with E-state index < -0.39 is 29.0 Å². The molecule has 0 aliphatic carbocycles. The lowest BCUT2D eigenvalue weighted by molar-refractivity contribution is -0.137. The lowest BCUT2D eigenvalue weighted by Crippen LogP contribution is -2.28. The van der Waals surface area contributed by atoms with Gasteiger partial charge in [-0.15, -0.1) is 0 Å². The van der Waals surface area contributed by atoms with Crippen molar-refractivity contribution in [3.8, 4) is 0 Å². The van der Waals surface area contributed by atoms with Crippen LogP contribution in [0.3, 0.4) is 0 Å². The van der Waals surface area contributed by atoms with Gasteiger partial charge in [-0.2, -0.15) is 13.2 Å². The summed E-state index contributed by atoms with van der Waals surface area (Å²) in [6, 6.07) is 1.69. The highest BCUT2D eigenvalue weighted by Crippen LogP contribution is 2.30. The molecular formula is C14H15F4NO2. The maximum atomic E-state index is 13.4. The number of halogens is 4. The molecule has 0 aliphatic heterocycles. The summed E-state index contributed by atoms with van der Waals surface area (Å²) in [5, 5.41) is 2.29. The van der Waals surface area contributed by atoms with Crippen molar-refractivity contribution >= 4 is 5.91 Å². The van der Waals surface area contributed by atoms with Gasteiger partial charge in [-0.05, 0) is 25.1 Å². The maximum Gasteiger partial charge on any atom is 0.416 e. The Morgan fingerprint density at radius 1 is 1.38 bits per heavy atom. The number of amides is 1. The van der Waals surface area contributed by atoms with Crippen molar-refractivity contribution in [1.29, 1.82) is 0 Å². The van der Waals surface area contributed by atoms with Crippen LogP contribution in [0.15, 0.2) is 30.4 Å². The van der Waals surface area contributed by atoms with Crippen LogP contribution in [0.5, 0.6) is 0 Å². The second-order valence-corrected chi connectivity index (χ2v) is 4.46. The van der Waals surface area contributed by atoms with Gasteiger partial charge in [-0.3, -0.25) is 4.79 Å². The Morgan fingerprint density at radius 3 is 2.62 bits per heavy atom. The first-order chi connectivity index (χ1) is 9.71. The summed E-state index contributed by atoms with van der Waals surface area (Å²) in [6.45, 7) is 5.89. The molecule has 1 rings (SSSR count). The molecule has 7 heteroatoms. The van der Waals surface area contributed by atoms with Gasteiger partial charge in [0.05, 0.1) is 24.3 Å². The first-order valence-corrected chi connectivity index (χ1v) is 6.09. The summed E-state index contributed by atoms with van der Waals surface area (Å²) in [5.74, 6) is -1.93. The van der Waals surface area contributed by atoms with Gasteiger partial charge in [0.2, 0.25) is 0 Å². The van der Waals surface area contributed by atoms with Crippen LogP contribution in [-0.2, 0) is 10.9 Å². The quantitative estimate of drug-likeness (QED) is 0.498. The molecule has 116 valence electrons. The van der Waals surface area contributed by atoms with E-state index in [1.54, 1.807) is 6.92 Å². The van der Waals surface area contributed by atoms with Crippen LogP contribution in [0.25, 0.3) is 0 Å². The van der Waals surface area contributed by atoms with Crippen molar-refractivity contribution in [1.82, 2.24) is 5.32 Å². The molecule has 0 radical (unpaired) electrons. The molecule has 0 unspecified atom stereocenters. The highest BCUT2D eigenvalue weighted by Gasteiger charge is 2.31. The number of carbonyl (C=O) groups is 1. The highest BCUT2D eigenvalue weighted by molar-refractivity contribution is 5.94. The van der Waals surface area contributed by atoms with Crippen LogP contribution in [0.4, 0.5) is 17.6 Å². The monoisotopic (exact) mass is 305 g/mol. The van der Waals surface area contributed by atoms with Crippen molar-refractivity contribution < 1.29 is 27.1 Å². The summed E-state index contributed by atoms with van der Waals surface area (Å²) >= 11 is 0. The predicted molar refractivity (Wildman–Crippen MR) is 69.4 cm³/mol. The lowest BCUT2D eigenvalue weighted by Gasteiger charge is -2.10. The first-order valence-electron chi connectivity index (χ1n) is 6.09. The largest absolute Gasteiger partial charge is 0.416 e. The minimum atomic E-state index is -4.63. The van der Waals surface area contributed by atoms with Crippen LogP contribution in [0.1, 0.15) is 22.8 Å². The van der Waals surface area contributed by atoms with E-state index in [1.807, 2.05) is 0 Å². The zero-order valence-corrected chi connectivity index (χ0v) is 11.4. The van der Waals surface area contributed by atoms with Gasteiger partial charge in [0.25, 0.3) is 5.91 Å². The van der Waals surface area contributed by atoms with Gasteiger partial charge >= 0.3 is 6.18 Å². The SMILES string of the molecule is C=C(C)COCCNC(=O)c1cc(C(F)(F)F)ccc1F. The Labute approximate surface area is 119 Å². The fourth-order valence-corrected chi connectivity index (χ4v) is 1.45. The molecule has 0 aliphatic rings. The highest BCUT2D eigenvalue weighted by atomic mass is 19.4. The minimum absolute atomic E-state index is 0.0573. The topological polar surface area (TPSA) is 38.3 Å². The van der Waals surface area contributed by atoms with Crippen LogP contribution < -0.4 is 5.32 Å². The van der Waals surface area contributed by atoms with Crippen molar-refractivity contribution in [2.45, 2.75) is 13.1 Å². The Kier molecular flexibility index (Phi) is 5.90. The van der Waals surface area contributed by atoms with Crippen molar-refractivity contribution in [3.05, 3.63) is 47.3 Å². The average Bonchev–Trinajstić information content (AvgIpc) is 2.36. The zero-order chi connectivity index (χ0) is 16.0. The van der Waals surface area contributed by atoms with Crippen LogP contribution in [0.2, 0.25) is 0 Å². The van der Waals surface area contributed by atoms with Crippen molar-refractivity contribution in [3.63, 3.8) is 0 Å². The van der Waals surface area contributed by atoms with Gasteiger partial charge in [-0.1, -0.05) is 12.2 Å². The Morgan fingerprint density at radius 2 is 2.05 bits per heavy atom. The smallest absolute Gasteiger partial charge is 0.375 e. The molecule has 0 heterocycles. The van der Waals surface area contributed by atoms with E-state index in [4.69, 9.17) is 4.74 Å². The van der Waals surface area contributed by atoms with Crippen molar-refractivity contribution in [2.24, 2.45) is 0 Å². The molecule has 0 saturated heterocycles. The van der Waals surface area contributed by atoms with E-state index in [0.717, 1.165) is 5.57 Å². The van der Waals surface area contributed by atoms with Gasteiger partial charge in [0, 0.05) is 6.54 Å². The molecule has 1 aromatic carbocycles. The van der Waals surface area contributed by atoms with E-state index in [1.165, 1.54) is 0 Å². The third kappa shape index (κ3) is 5.55. The van der Waals surface area contributed by atoms with Gasteiger partial charge in [0.1, 0.15) is 5.82 Å². The van der Waals surface area contributed by atoms with Crippen LogP contribution >= 0.6 is 0 Å². The number of benzene rings is 1. The average molecular weight is 305 g/mol. The summed E-state index contributed by atoms with van der Waals surface area (Å²) in [6.07, 6.45) is -4.63. The molecule has 1 N–H and O–H groups in total. The molecule has 3 nitrogen and oxygen atoms in total.